The second kappa shape index (κ2) is 5.35. The third-order valence-corrected chi connectivity index (χ3v) is 3.43. The normalized spacial score (nSPS) is 17.9. The van der Waals surface area contributed by atoms with Gasteiger partial charge in [-0.3, -0.25) is 0 Å². The van der Waals surface area contributed by atoms with Crippen molar-refractivity contribution in [1.82, 2.24) is 0 Å². The van der Waals surface area contributed by atoms with Crippen molar-refractivity contribution in [2.45, 2.75) is 38.6 Å². The van der Waals surface area contributed by atoms with Crippen molar-refractivity contribution in [1.29, 1.82) is 0 Å². The van der Waals surface area contributed by atoms with Gasteiger partial charge in [-0.2, -0.15) is 0 Å². The predicted octanol–water partition coefficient (Wildman–Crippen LogP) is 3.28. The van der Waals surface area contributed by atoms with Gasteiger partial charge in [0.05, 0.1) is 6.61 Å². The first-order valence-corrected chi connectivity index (χ1v) is 6.28. The summed E-state index contributed by atoms with van der Waals surface area (Å²) in [6, 6.07) is 8.28. The van der Waals surface area contributed by atoms with Crippen LogP contribution in [-0.2, 0) is 0 Å². The molecule has 0 bridgehead atoms. The largest absolute Gasteiger partial charge is 0.494 e. The van der Waals surface area contributed by atoms with Gasteiger partial charge in [0.1, 0.15) is 5.75 Å². The van der Waals surface area contributed by atoms with Gasteiger partial charge in [0.15, 0.2) is 0 Å². The molecule has 2 heteroatoms. The first kappa shape index (κ1) is 11.5. The standard InChI is InChI=1S/C14H21NO/c1-2-16-14-9-4-3-8-12(14)13(15)10-11-6-5-7-11/h3-4,8-9,11,13H,2,5-7,10,15H2,1H3. The minimum atomic E-state index is 0.132. The van der Waals surface area contributed by atoms with Gasteiger partial charge in [0.25, 0.3) is 0 Å². The van der Waals surface area contributed by atoms with E-state index in [0.29, 0.717) is 6.61 Å². The SMILES string of the molecule is CCOc1ccccc1C(N)CC1CCC1. The van der Waals surface area contributed by atoms with Crippen LogP contribution in [0.5, 0.6) is 5.75 Å². The third kappa shape index (κ3) is 2.56. The Morgan fingerprint density at radius 2 is 2.12 bits per heavy atom. The zero-order valence-corrected chi connectivity index (χ0v) is 9.99. The Morgan fingerprint density at radius 3 is 2.75 bits per heavy atom. The fourth-order valence-corrected chi connectivity index (χ4v) is 2.29. The van der Waals surface area contributed by atoms with Crippen LogP contribution in [0.2, 0.25) is 0 Å². The van der Waals surface area contributed by atoms with Crippen LogP contribution in [0.25, 0.3) is 0 Å². The fourth-order valence-electron chi connectivity index (χ4n) is 2.29. The maximum atomic E-state index is 6.26. The van der Waals surface area contributed by atoms with Crippen LogP contribution in [0, 0.1) is 5.92 Å². The Hall–Kier alpha value is -1.02. The molecule has 1 atom stereocenters. The lowest BCUT2D eigenvalue weighted by Gasteiger charge is -2.28. The molecule has 0 saturated heterocycles. The molecule has 0 radical (unpaired) electrons. The summed E-state index contributed by atoms with van der Waals surface area (Å²) in [7, 11) is 0. The summed E-state index contributed by atoms with van der Waals surface area (Å²) in [4.78, 5) is 0. The minimum Gasteiger partial charge on any atom is -0.494 e. The van der Waals surface area contributed by atoms with Gasteiger partial charge < -0.3 is 10.5 Å². The summed E-state index contributed by atoms with van der Waals surface area (Å²) in [6.45, 7) is 2.71. The summed E-state index contributed by atoms with van der Waals surface area (Å²) in [5.41, 5.74) is 7.42. The lowest BCUT2D eigenvalue weighted by Crippen LogP contribution is -2.20. The molecule has 1 aromatic carbocycles. The van der Waals surface area contributed by atoms with Crippen molar-refractivity contribution < 1.29 is 4.74 Å². The maximum Gasteiger partial charge on any atom is 0.124 e. The lowest BCUT2D eigenvalue weighted by molar-refractivity contribution is 0.272. The van der Waals surface area contributed by atoms with E-state index < -0.39 is 0 Å². The van der Waals surface area contributed by atoms with E-state index in [1.807, 2.05) is 25.1 Å². The van der Waals surface area contributed by atoms with E-state index in [2.05, 4.69) is 6.07 Å². The third-order valence-electron chi connectivity index (χ3n) is 3.43. The summed E-state index contributed by atoms with van der Waals surface area (Å²) in [5.74, 6) is 1.79. The van der Waals surface area contributed by atoms with Gasteiger partial charge in [-0.25, -0.2) is 0 Å². The Labute approximate surface area is 97.8 Å². The van der Waals surface area contributed by atoms with Crippen molar-refractivity contribution in [3.8, 4) is 5.75 Å². The highest BCUT2D eigenvalue weighted by molar-refractivity contribution is 5.35. The number of rotatable bonds is 5. The Balaban J connectivity index is 2.04. The van der Waals surface area contributed by atoms with E-state index in [9.17, 15) is 0 Å². The average molecular weight is 219 g/mol. The fraction of sp³-hybridized carbons (Fsp3) is 0.571. The van der Waals surface area contributed by atoms with Gasteiger partial charge in [-0.1, -0.05) is 37.5 Å². The molecule has 0 spiro atoms. The van der Waals surface area contributed by atoms with Crippen LogP contribution >= 0.6 is 0 Å². The zero-order valence-electron chi connectivity index (χ0n) is 9.99. The minimum absolute atomic E-state index is 0.132. The van der Waals surface area contributed by atoms with Crippen molar-refractivity contribution in [2.24, 2.45) is 11.7 Å². The summed E-state index contributed by atoms with van der Waals surface area (Å²) in [5, 5.41) is 0. The molecule has 2 N–H and O–H groups in total. The smallest absolute Gasteiger partial charge is 0.124 e. The Bertz CT molecular complexity index is 333. The van der Waals surface area contributed by atoms with E-state index in [4.69, 9.17) is 10.5 Å². The molecule has 1 aliphatic rings. The van der Waals surface area contributed by atoms with Crippen LogP contribution in [0.15, 0.2) is 24.3 Å². The zero-order chi connectivity index (χ0) is 11.4. The second-order valence-corrected chi connectivity index (χ2v) is 4.61. The van der Waals surface area contributed by atoms with Crippen LogP contribution < -0.4 is 10.5 Å². The van der Waals surface area contributed by atoms with Crippen LogP contribution in [0.4, 0.5) is 0 Å². The first-order chi connectivity index (χ1) is 7.81. The van der Waals surface area contributed by atoms with E-state index >= 15 is 0 Å². The molecule has 1 aliphatic carbocycles. The molecular formula is C14H21NO. The quantitative estimate of drug-likeness (QED) is 0.824. The van der Waals surface area contributed by atoms with E-state index in [1.54, 1.807) is 0 Å². The van der Waals surface area contributed by atoms with Crippen LogP contribution in [0.1, 0.15) is 44.2 Å². The van der Waals surface area contributed by atoms with Gasteiger partial charge in [-0.05, 0) is 25.3 Å². The first-order valence-electron chi connectivity index (χ1n) is 6.28. The molecule has 2 rings (SSSR count). The van der Waals surface area contributed by atoms with Crippen molar-refractivity contribution in [3.05, 3.63) is 29.8 Å². The average Bonchev–Trinajstić information content (AvgIpc) is 2.24. The van der Waals surface area contributed by atoms with Crippen LogP contribution in [-0.4, -0.2) is 6.61 Å². The molecule has 0 amide bonds. The molecule has 1 aromatic rings. The Morgan fingerprint density at radius 1 is 1.38 bits per heavy atom. The van der Waals surface area contributed by atoms with Crippen molar-refractivity contribution >= 4 is 0 Å². The highest BCUT2D eigenvalue weighted by Crippen LogP contribution is 2.35. The molecule has 88 valence electrons. The highest BCUT2D eigenvalue weighted by Gasteiger charge is 2.22. The van der Waals surface area contributed by atoms with Crippen LogP contribution in [0.3, 0.4) is 0 Å². The van der Waals surface area contributed by atoms with Gasteiger partial charge in [0.2, 0.25) is 0 Å². The van der Waals surface area contributed by atoms with E-state index in [-0.39, 0.29) is 6.04 Å². The molecule has 1 saturated carbocycles. The monoisotopic (exact) mass is 219 g/mol. The van der Waals surface area contributed by atoms with Crippen molar-refractivity contribution in [3.63, 3.8) is 0 Å². The summed E-state index contributed by atoms with van der Waals surface area (Å²) < 4.78 is 5.61. The number of para-hydroxylation sites is 1. The summed E-state index contributed by atoms with van der Waals surface area (Å²) in [6.07, 6.45) is 5.18. The Kier molecular flexibility index (Phi) is 3.83. The number of benzene rings is 1. The molecule has 0 aromatic heterocycles. The van der Waals surface area contributed by atoms with Gasteiger partial charge in [-0.15, -0.1) is 0 Å². The molecule has 0 heterocycles. The molecular weight excluding hydrogens is 198 g/mol. The summed E-state index contributed by atoms with van der Waals surface area (Å²) >= 11 is 0. The topological polar surface area (TPSA) is 35.2 Å². The number of hydrogen-bond donors (Lipinski definition) is 1. The molecule has 2 nitrogen and oxygen atoms in total. The predicted molar refractivity (Wildman–Crippen MR) is 66.5 cm³/mol. The maximum absolute atomic E-state index is 6.26. The molecule has 0 aliphatic heterocycles. The highest BCUT2D eigenvalue weighted by atomic mass is 16.5. The lowest BCUT2D eigenvalue weighted by atomic mass is 9.80. The van der Waals surface area contributed by atoms with E-state index in [1.165, 1.54) is 19.3 Å². The van der Waals surface area contributed by atoms with E-state index in [0.717, 1.165) is 23.7 Å². The molecule has 16 heavy (non-hydrogen) atoms. The number of hydrogen-bond acceptors (Lipinski definition) is 2. The van der Waals surface area contributed by atoms with Gasteiger partial charge >= 0.3 is 0 Å². The molecule has 1 unspecified atom stereocenters. The second-order valence-electron chi connectivity index (χ2n) is 4.61. The van der Waals surface area contributed by atoms with Crippen molar-refractivity contribution in [2.75, 3.05) is 6.61 Å². The number of ether oxygens (including phenoxy) is 1. The van der Waals surface area contributed by atoms with Gasteiger partial charge in [0, 0.05) is 11.6 Å². The number of nitrogens with two attached hydrogens (primary N) is 1. The molecule has 1 fully saturated rings.